The SMILES string of the molecule is CCOC(=O)[C@H](C)[C@H](N=Cc1ccccc1)C(F)(F)F. The molecule has 110 valence electrons. The van der Waals surface area contributed by atoms with Gasteiger partial charge in [0.05, 0.1) is 12.5 Å². The second-order valence-corrected chi connectivity index (χ2v) is 4.22. The molecule has 0 spiro atoms. The number of halogens is 3. The van der Waals surface area contributed by atoms with Gasteiger partial charge < -0.3 is 4.74 Å². The van der Waals surface area contributed by atoms with Crippen molar-refractivity contribution in [2.24, 2.45) is 10.9 Å². The maximum absolute atomic E-state index is 13.0. The molecule has 6 heteroatoms. The highest BCUT2D eigenvalue weighted by atomic mass is 19.4. The summed E-state index contributed by atoms with van der Waals surface area (Å²) in [5, 5.41) is 0. The second kappa shape index (κ2) is 7.07. The van der Waals surface area contributed by atoms with Crippen LogP contribution in [0.3, 0.4) is 0 Å². The smallest absolute Gasteiger partial charge is 0.411 e. The van der Waals surface area contributed by atoms with E-state index in [4.69, 9.17) is 0 Å². The van der Waals surface area contributed by atoms with Gasteiger partial charge in [-0.15, -0.1) is 0 Å². The van der Waals surface area contributed by atoms with Crippen molar-refractivity contribution in [1.29, 1.82) is 0 Å². The van der Waals surface area contributed by atoms with E-state index in [9.17, 15) is 18.0 Å². The topological polar surface area (TPSA) is 38.7 Å². The normalized spacial score (nSPS) is 15.1. The molecule has 20 heavy (non-hydrogen) atoms. The first-order valence-corrected chi connectivity index (χ1v) is 6.17. The number of aliphatic imine (C=N–C) groups is 1. The molecular formula is C14H16F3NO2. The quantitative estimate of drug-likeness (QED) is 0.616. The molecule has 1 aromatic rings. The molecule has 1 aromatic carbocycles. The minimum absolute atomic E-state index is 0.0378. The Morgan fingerprint density at radius 3 is 2.45 bits per heavy atom. The summed E-state index contributed by atoms with van der Waals surface area (Å²) >= 11 is 0. The third-order valence-corrected chi connectivity index (χ3v) is 2.65. The molecule has 0 aromatic heterocycles. The van der Waals surface area contributed by atoms with Crippen LogP contribution in [0.15, 0.2) is 35.3 Å². The van der Waals surface area contributed by atoms with Gasteiger partial charge in [-0.1, -0.05) is 30.3 Å². The van der Waals surface area contributed by atoms with Crippen LogP contribution in [0.25, 0.3) is 0 Å². The maximum Gasteiger partial charge on any atom is 0.411 e. The van der Waals surface area contributed by atoms with Gasteiger partial charge in [-0.25, -0.2) is 0 Å². The number of rotatable bonds is 5. The Labute approximate surface area is 115 Å². The van der Waals surface area contributed by atoms with Gasteiger partial charge in [-0.2, -0.15) is 13.2 Å². The summed E-state index contributed by atoms with van der Waals surface area (Å²) < 4.78 is 43.5. The summed E-state index contributed by atoms with van der Waals surface area (Å²) in [6.07, 6.45) is -3.48. The average Bonchev–Trinajstić information content (AvgIpc) is 2.38. The van der Waals surface area contributed by atoms with Crippen molar-refractivity contribution in [2.75, 3.05) is 6.61 Å². The van der Waals surface area contributed by atoms with Crippen molar-refractivity contribution in [3.63, 3.8) is 0 Å². The van der Waals surface area contributed by atoms with Crippen molar-refractivity contribution in [2.45, 2.75) is 26.1 Å². The standard InChI is InChI=1S/C14H16F3NO2/c1-3-20-13(19)10(2)12(14(15,16)17)18-9-11-7-5-4-6-8-11/h4-10,12H,3H2,1-2H3/t10-,12+/m1/s1. The number of hydrogen-bond acceptors (Lipinski definition) is 3. The number of carbonyl (C=O) groups excluding carboxylic acids is 1. The minimum atomic E-state index is -4.60. The van der Waals surface area contributed by atoms with Gasteiger partial charge in [0.2, 0.25) is 0 Å². The molecule has 0 radical (unpaired) electrons. The van der Waals surface area contributed by atoms with Gasteiger partial charge in [-0.3, -0.25) is 9.79 Å². The molecule has 2 atom stereocenters. The molecule has 0 bridgehead atoms. The van der Waals surface area contributed by atoms with Gasteiger partial charge in [-0.05, 0) is 19.4 Å². The molecule has 0 amide bonds. The lowest BCUT2D eigenvalue weighted by atomic mass is 10.0. The molecule has 1 rings (SSSR count). The molecule has 0 saturated carbocycles. The number of nitrogens with zero attached hydrogens (tertiary/aromatic N) is 1. The summed E-state index contributed by atoms with van der Waals surface area (Å²) in [5.74, 6) is -2.28. The fourth-order valence-electron chi connectivity index (χ4n) is 1.61. The summed E-state index contributed by atoms with van der Waals surface area (Å²) in [6, 6.07) is 6.29. The third-order valence-electron chi connectivity index (χ3n) is 2.65. The molecule has 0 aliphatic heterocycles. The zero-order valence-corrected chi connectivity index (χ0v) is 11.2. The lowest BCUT2D eigenvalue weighted by Gasteiger charge is -2.21. The monoisotopic (exact) mass is 287 g/mol. The molecular weight excluding hydrogens is 271 g/mol. The predicted octanol–water partition coefficient (Wildman–Crippen LogP) is 3.24. The van der Waals surface area contributed by atoms with Gasteiger partial charge in [0.25, 0.3) is 0 Å². The Kier molecular flexibility index (Phi) is 5.73. The molecule has 0 aliphatic carbocycles. The Morgan fingerprint density at radius 1 is 1.35 bits per heavy atom. The zero-order valence-electron chi connectivity index (χ0n) is 11.2. The van der Waals surface area contributed by atoms with Crippen LogP contribution in [0.1, 0.15) is 19.4 Å². The van der Waals surface area contributed by atoms with E-state index in [2.05, 4.69) is 9.73 Å². The van der Waals surface area contributed by atoms with Gasteiger partial charge >= 0.3 is 12.1 Å². The van der Waals surface area contributed by atoms with Crippen LogP contribution in [0, 0.1) is 5.92 Å². The fourth-order valence-corrected chi connectivity index (χ4v) is 1.61. The molecule has 0 N–H and O–H groups in total. The Morgan fingerprint density at radius 2 is 1.95 bits per heavy atom. The maximum atomic E-state index is 13.0. The molecule has 0 aliphatic rings. The van der Waals surface area contributed by atoms with Crippen LogP contribution in [0.2, 0.25) is 0 Å². The molecule has 3 nitrogen and oxygen atoms in total. The Bertz CT molecular complexity index is 457. The van der Waals surface area contributed by atoms with Crippen LogP contribution in [0.5, 0.6) is 0 Å². The molecule has 0 heterocycles. The van der Waals surface area contributed by atoms with E-state index in [1.165, 1.54) is 6.92 Å². The van der Waals surface area contributed by atoms with Crippen LogP contribution in [-0.2, 0) is 9.53 Å². The predicted molar refractivity (Wildman–Crippen MR) is 69.7 cm³/mol. The molecule has 0 unspecified atom stereocenters. The van der Waals surface area contributed by atoms with E-state index < -0.39 is 24.1 Å². The van der Waals surface area contributed by atoms with E-state index in [1.807, 2.05) is 0 Å². The number of ether oxygens (including phenoxy) is 1. The first-order chi connectivity index (χ1) is 9.36. The summed E-state index contributed by atoms with van der Waals surface area (Å²) in [5.41, 5.74) is 0.540. The lowest BCUT2D eigenvalue weighted by molar-refractivity contribution is -0.173. The van der Waals surface area contributed by atoms with Crippen LogP contribution < -0.4 is 0 Å². The lowest BCUT2D eigenvalue weighted by Crippen LogP contribution is -2.38. The first kappa shape index (κ1) is 16.2. The highest BCUT2D eigenvalue weighted by Crippen LogP contribution is 2.29. The number of benzene rings is 1. The van der Waals surface area contributed by atoms with Gasteiger partial charge in [0.15, 0.2) is 6.04 Å². The fraction of sp³-hybridized carbons (Fsp3) is 0.429. The molecule has 0 saturated heterocycles. The van der Waals surface area contributed by atoms with Crippen molar-refractivity contribution in [3.8, 4) is 0 Å². The number of hydrogen-bond donors (Lipinski definition) is 0. The van der Waals surface area contributed by atoms with Crippen LogP contribution >= 0.6 is 0 Å². The Balaban J connectivity index is 2.91. The van der Waals surface area contributed by atoms with Crippen LogP contribution in [0.4, 0.5) is 13.2 Å². The van der Waals surface area contributed by atoms with E-state index >= 15 is 0 Å². The average molecular weight is 287 g/mol. The summed E-state index contributed by atoms with van der Waals surface area (Å²) in [7, 11) is 0. The van der Waals surface area contributed by atoms with Crippen molar-refractivity contribution >= 4 is 12.2 Å². The number of carbonyl (C=O) groups is 1. The highest BCUT2D eigenvalue weighted by molar-refractivity contribution is 5.80. The summed E-state index contributed by atoms with van der Waals surface area (Å²) in [6.45, 7) is 2.75. The first-order valence-electron chi connectivity index (χ1n) is 6.17. The van der Waals surface area contributed by atoms with E-state index in [-0.39, 0.29) is 6.61 Å². The largest absolute Gasteiger partial charge is 0.466 e. The minimum Gasteiger partial charge on any atom is -0.466 e. The second-order valence-electron chi connectivity index (χ2n) is 4.22. The number of alkyl halides is 3. The van der Waals surface area contributed by atoms with Gasteiger partial charge in [0.1, 0.15) is 0 Å². The highest BCUT2D eigenvalue weighted by Gasteiger charge is 2.46. The van der Waals surface area contributed by atoms with E-state index in [0.717, 1.165) is 6.21 Å². The van der Waals surface area contributed by atoms with E-state index in [0.29, 0.717) is 5.56 Å². The van der Waals surface area contributed by atoms with Crippen LogP contribution in [-0.4, -0.2) is 31.0 Å². The summed E-state index contributed by atoms with van der Waals surface area (Å²) in [4.78, 5) is 15.0. The Hall–Kier alpha value is -1.85. The van der Waals surface area contributed by atoms with Crippen molar-refractivity contribution < 1.29 is 22.7 Å². The zero-order chi connectivity index (χ0) is 15.2. The van der Waals surface area contributed by atoms with Crippen molar-refractivity contribution in [3.05, 3.63) is 35.9 Å². The van der Waals surface area contributed by atoms with E-state index in [1.54, 1.807) is 37.3 Å². The molecule has 0 fully saturated rings. The van der Waals surface area contributed by atoms with Gasteiger partial charge in [0, 0.05) is 6.21 Å². The number of esters is 1. The van der Waals surface area contributed by atoms with Crippen molar-refractivity contribution in [1.82, 2.24) is 0 Å². The third kappa shape index (κ3) is 4.68.